The summed E-state index contributed by atoms with van der Waals surface area (Å²) < 4.78 is 8.76. The highest BCUT2D eigenvalue weighted by atomic mass is 16.5. The van der Waals surface area contributed by atoms with Crippen LogP contribution in [0.25, 0.3) is 11.5 Å². The second kappa shape index (κ2) is 6.15. The van der Waals surface area contributed by atoms with Crippen molar-refractivity contribution in [2.75, 3.05) is 12.4 Å². The number of nitrogens with one attached hydrogen (secondary N) is 1. The van der Waals surface area contributed by atoms with Crippen molar-refractivity contribution in [1.29, 1.82) is 0 Å². The fraction of sp³-hybridized carbons (Fsp3) is 0.211. The first-order valence-electron chi connectivity index (χ1n) is 8.85. The number of para-hydroxylation sites is 1. The normalized spacial score (nSPS) is 16.1. The number of hydrogen-bond acceptors (Lipinski definition) is 6. The molecule has 28 heavy (non-hydrogen) atoms. The molecule has 0 unspecified atom stereocenters. The van der Waals surface area contributed by atoms with Crippen molar-refractivity contribution in [3.63, 3.8) is 0 Å². The van der Waals surface area contributed by atoms with Gasteiger partial charge in [0.25, 0.3) is 0 Å². The van der Waals surface area contributed by atoms with Crippen LogP contribution in [-0.2, 0) is 4.79 Å². The first-order valence-corrected chi connectivity index (χ1v) is 8.85. The van der Waals surface area contributed by atoms with Crippen molar-refractivity contribution in [2.45, 2.75) is 19.3 Å². The average Bonchev–Trinajstić information content (AvgIpc) is 3.31. The SMILES string of the molecule is COc1ccccc1[C@@H]1CC(=O)Nc2c1c(C)nn2-c1ccc2nncn2n1. The van der Waals surface area contributed by atoms with Crippen molar-refractivity contribution in [3.8, 4) is 11.6 Å². The summed E-state index contributed by atoms with van der Waals surface area (Å²) in [4.78, 5) is 12.5. The van der Waals surface area contributed by atoms with Crippen LogP contribution in [-0.4, -0.2) is 42.6 Å². The van der Waals surface area contributed by atoms with Crippen LogP contribution in [0.15, 0.2) is 42.7 Å². The van der Waals surface area contributed by atoms with E-state index in [2.05, 4.69) is 25.7 Å². The Morgan fingerprint density at radius 2 is 2.04 bits per heavy atom. The summed E-state index contributed by atoms with van der Waals surface area (Å²) in [6, 6.07) is 11.4. The Bertz CT molecular complexity index is 1210. The predicted molar refractivity (Wildman–Crippen MR) is 101 cm³/mol. The third kappa shape index (κ3) is 2.43. The van der Waals surface area contributed by atoms with Crippen molar-refractivity contribution < 1.29 is 9.53 Å². The van der Waals surface area contributed by atoms with Gasteiger partial charge in [0.05, 0.1) is 12.8 Å². The molecule has 4 heterocycles. The van der Waals surface area contributed by atoms with Gasteiger partial charge >= 0.3 is 0 Å². The molecule has 0 fully saturated rings. The Balaban J connectivity index is 1.69. The number of carbonyl (C=O) groups is 1. The zero-order chi connectivity index (χ0) is 19.3. The monoisotopic (exact) mass is 375 g/mol. The minimum Gasteiger partial charge on any atom is -0.496 e. The van der Waals surface area contributed by atoms with E-state index in [0.29, 0.717) is 23.7 Å². The molecule has 0 aliphatic carbocycles. The molecule has 1 amide bonds. The minimum absolute atomic E-state index is 0.0741. The van der Waals surface area contributed by atoms with Gasteiger partial charge in [0, 0.05) is 23.5 Å². The molecular formula is C19H17N7O2. The number of fused-ring (bicyclic) bond motifs is 2. The lowest BCUT2D eigenvalue weighted by Crippen LogP contribution is -2.25. The highest BCUT2D eigenvalue weighted by molar-refractivity contribution is 5.95. The Kier molecular flexibility index (Phi) is 3.61. The summed E-state index contributed by atoms with van der Waals surface area (Å²) in [5.74, 6) is 1.73. The van der Waals surface area contributed by atoms with Crippen molar-refractivity contribution >= 4 is 17.4 Å². The second-order valence-corrected chi connectivity index (χ2v) is 6.63. The van der Waals surface area contributed by atoms with Gasteiger partial charge in [-0.05, 0) is 25.1 Å². The maximum atomic E-state index is 12.5. The molecule has 9 nitrogen and oxygen atoms in total. The third-order valence-electron chi connectivity index (χ3n) is 4.98. The molecule has 3 aromatic heterocycles. The Morgan fingerprint density at radius 3 is 2.89 bits per heavy atom. The van der Waals surface area contributed by atoms with Crippen molar-refractivity contribution in [1.82, 2.24) is 29.6 Å². The maximum absolute atomic E-state index is 12.5. The minimum atomic E-state index is -0.146. The molecule has 1 atom stereocenters. The Labute approximate surface area is 160 Å². The Hall–Kier alpha value is -3.75. The van der Waals surface area contributed by atoms with E-state index in [1.807, 2.05) is 31.2 Å². The van der Waals surface area contributed by atoms with Crippen LogP contribution in [0, 0.1) is 6.92 Å². The lowest BCUT2D eigenvalue weighted by Gasteiger charge is -2.25. The van der Waals surface area contributed by atoms with E-state index in [9.17, 15) is 4.79 Å². The van der Waals surface area contributed by atoms with E-state index >= 15 is 0 Å². The zero-order valence-corrected chi connectivity index (χ0v) is 15.3. The number of carbonyl (C=O) groups excluding carboxylic acids is 1. The van der Waals surface area contributed by atoms with E-state index in [1.54, 1.807) is 28.4 Å². The maximum Gasteiger partial charge on any atom is 0.226 e. The summed E-state index contributed by atoms with van der Waals surface area (Å²) in [5.41, 5.74) is 3.40. The lowest BCUT2D eigenvalue weighted by atomic mass is 9.85. The highest BCUT2D eigenvalue weighted by Gasteiger charge is 2.34. The lowest BCUT2D eigenvalue weighted by molar-refractivity contribution is -0.116. The Morgan fingerprint density at radius 1 is 1.18 bits per heavy atom. The fourth-order valence-corrected chi connectivity index (χ4v) is 3.76. The molecule has 0 saturated heterocycles. The first-order chi connectivity index (χ1) is 13.7. The summed E-state index contributed by atoms with van der Waals surface area (Å²) in [6.07, 6.45) is 1.86. The molecule has 0 radical (unpaired) electrons. The van der Waals surface area contributed by atoms with Crippen LogP contribution >= 0.6 is 0 Å². The van der Waals surface area contributed by atoms with E-state index < -0.39 is 0 Å². The molecule has 1 aliphatic heterocycles. The number of aromatic nitrogens is 6. The number of methoxy groups -OCH3 is 1. The van der Waals surface area contributed by atoms with Crippen LogP contribution in [0.1, 0.15) is 29.2 Å². The van der Waals surface area contributed by atoms with Gasteiger partial charge < -0.3 is 10.1 Å². The molecule has 0 bridgehead atoms. The first kappa shape index (κ1) is 16.4. The van der Waals surface area contributed by atoms with Gasteiger partial charge in [0.2, 0.25) is 5.91 Å². The quantitative estimate of drug-likeness (QED) is 0.589. The van der Waals surface area contributed by atoms with Gasteiger partial charge in [-0.1, -0.05) is 18.2 Å². The van der Waals surface area contributed by atoms with Crippen LogP contribution in [0.2, 0.25) is 0 Å². The van der Waals surface area contributed by atoms with E-state index in [0.717, 1.165) is 22.6 Å². The molecule has 4 aromatic rings. The van der Waals surface area contributed by atoms with Crippen LogP contribution in [0.5, 0.6) is 5.75 Å². The van der Waals surface area contributed by atoms with Gasteiger partial charge in [-0.25, -0.2) is 0 Å². The summed E-state index contributed by atoms with van der Waals surface area (Å²) in [6.45, 7) is 1.94. The number of aryl methyl sites for hydroxylation is 1. The second-order valence-electron chi connectivity index (χ2n) is 6.63. The molecule has 140 valence electrons. The van der Waals surface area contributed by atoms with Gasteiger partial charge in [-0.3, -0.25) is 4.79 Å². The summed E-state index contributed by atoms with van der Waals surface area (Å²) >= 11 is 0. The van der Waals surface area contributed by atoms with E-state index in [4.69, 9.17) is 4.74 Å². The fourth-order valence-electron chi connectivity index (χ4n) is 3.76. The topological polar surface area (TPSA) is 99.2 Å². The number of nitrogens with zero attached hydrogens (tertiary/aromatic N) is 6. The van der Waals surface area contributed by atoms with Crippen LogP contribution in [0.4, 0.5) is 5.82 Å². The largest absolute Gasteiger partial charge is 0.496 e. The summed E-state index contributed by atoms with van der Waals surface area (Å²) in [7, 11) is 1.64. The number of amides is 1. The van der Waals surface area contributed by atoms with E-state index in [1.165, 1.54) is 6.33 Å². The number of anilines is 1. The summed E-state index contributed by atoms with van der Waals surface area (Å²) in [5, 5.41) is 19.9. The highest BCUT2D eigenvalue weighted by Crippen LogP contribution is 2.42. The number of ether oxygens (including phenoxy) is 1. The molecule has 1 N–H and O–H groups in total. The van der Waals surface area contributed by atoms with Crippen molar-refractivity contribution in [2.24, 2.45) is 0 Å². The molecular weight excluding hydrogens is 358 g/mol. The molecule has 1 aliphatic rings. The van der Waals surface area contributed by atoms with Gasteiger partial charge in [0.15, 0.2) is 11.5 Å². The van der Waals surface area contributed by atoms with E-state index in [-0.39, 0.29) is 11.8 Å². The number of benzene rings is 1. The standard InChI is InChI=1S/C19H17N7O2/c1-11-18-13(12-5-3-4-6-14(12)28-2)9-17(27)21-19(18)26(23-11)16-8-7-15-22-20-10-25(15)24-16/h3-8,10,13H,9H2,1-2H3,(H,21,27)/t13-/m0/s1. The molecule has 9 heteroatoms. The van der Waals surface area contributed by atoms with Gasteiger partial charge in [-0.2, -0.15) is 14.3 Å². The molecule has 0 spiro atoms. The van der Waals surface area contributed by atoms with Gasteiger partial charge in [0.1, 0.15) is 17.9 Å². The van der Waals surface area contributed by atoms with Crippen LogP contribution < -0.4 is 10.1 Å². The number of rotatable bonds is 3. The molecule has 1 aromatic carbocycles. The molecule has 0 saturated carbocycles. The number of hydrogen-bond donors (Lipinski definition) is 1. The zero-order valence-electron chi connectivity index (χ0n) is 15.3. The average molecular weight is 375 g/mol. The predicted octanol–water partition coefficient (Wildman–Crippen LogP) is 2.10. The molecule has 5 rings (SSSR count). The smallest absolute Gasteiger partial charge is 0.226 e. The van der Waals surface area contributed by atoms with Gasteiger partial charge in [-0.15, -0.1) is 15.3 Å². The van der Waals surface area contributed by atoms with Crippen LogP contribution in [0.3, 0.4) is 0 Å². The third-order valence-corrected chi connectivity index (χ3v) is 4.98. The van der Waals surface area contributed by atoms with Crippen molar-refractivity contribution in [3.05, 3.63) is 59.5 Å².